The van der Waals surface area contributed by atoms with Crippen molar-refractivity contribution >= 4 is 23.0 Å². The number of aryl methyl sites for hydroxylation is 1. The molecule has 0 aliphatic heterocycles. The van der Waals surface area contributed by atoms with Gasteiger partial charge in [0.25, 0.3) is 5.91 Å². The third-order valence-electron chi connectivity index (χ3n) is 5.91. The molecule has 0 saturated heterocycles. The second kappa shape index (κ2) is 10.7. The van der Waals surface area contributed by atoms with Crippen molar-refractivity contribution in [2.24, 2.45) is 4.99 Å². The van der Waals surface area contributed by atoms with Gasteiger partial charge in [0.05, 0.1) is 16.1 Å². The summed E-state index contributed by atoms with van der Waals surface area (Å²) in [7, 11) is 0. The lowest BCUT2D eigenvalue weighted by atomic mass is 9.93. The quantitative estimate of drug-likeness (QED) is 0.374. The van der Waals surface area contributed by atoms with Crippen molar-refractivity contribution in [2.75, 3.05) is 0 Å². The largest absolute Gasteiger partial charge is 0.330 e. The van der Waals surface area contributed by atoms with Crippen LogP contribution < -0.4 is 0 Å². The van der Waals surface area contributed by atoms with E-state index in [4.69, 9.17) is 0 Å². The first kappa shape index (κ1) is 22.4. The summed E-state index contributed by atoms with van der Waals surface area (Å²) in [5, 5.41) is 0. The topological polar surface area (TPSA) is 45.6 Å². The number of carbonyl (C=O) groups excluding carboxylic acids is 1. The van der Waals surface area contributed by atoms with E-state index >= 15 is 0 Å². The van der Waals surface area contributed by atoms with Crippen LogP contribution in [0.3, 0.4) is 0 Å². The number of carbonyl (C=O) groups is 1. The molecule has 1 aromatic carbocycles. The molecule has 2 aromatic rings. The Morgan fingerprint density at radius 1 is 1.23 bits per heavy atom. The average molecular weight is 424 g/mol. The van der Waals surface area contributed by atoms with Gasteiger partial charge in [0.2, 0.25) is 0 Å². The van der Waals surface area contributed by atoms with Gasteiger partial charge in [-0.25, -0.2) is 4.98 Å². The first-order valence-corrected chi connectivity index (χ1v) is 11.9. The van der Waals surface area contributed by atoms with E-state index in [2.05, 4.69) is 46.1 Å². The van der Waals surface area contributed by atoms with Gasteiger partial charge in [-0.15, -0.1) is 11.3 Å². The van der Waals surface area contributed by atoms with E-state index in [1.165, 1.54) is 29.7 Å². The SMILES string of the molecule is C/C=C(\N=C(C)CC)C(=O)N(Cc1ccc(-c2scnc2C)cc1)C1CCCCC1. The lowest BCUT2D eigenvalue weighted by Gasteiger charge is -2.34. The molecule has 4 nitrogen and oxygen atoms in total. The van der Waals surface area contributed by atoms with Gasteiger partial charge in [-0.3, -0.25) is 9.79 Å². The molecule has 0 bridgehead atoms. The highest BCUT2D eigenvalue weighted by Gasteiger charge is 2.27. The third-order valence-corrected chi connectivity index (χ3v) is 6.88. The zero-order valence-corrected chi connectivity index (χ0v) is 19.5. The van der Waals surface area contributed by atoms with Crippen molar-refractivity contribution in [1.82, 2.24) is 9.88 Å². The predicted molar refractivity (Wildman–Crippen MR) is 127 cm³/mol. The first-order valence-electron chi connectivity index (χ1n) is 11.0. The second-order valence-electron chi connectivity index (χ2n) is 8.06. The number of hydrogen-bond acceptors (Lipinski definition) is 4. The molecule has 1 aromatic heterocycles. The fourth-order valence-corrected chi connectivity index (χ4v) is 4.78. The van der Waals surface area contributed by atoms with Gasteiger partial charge in [-0.1, -0.05) is 56.5 Å². The molecular weight excluding hydrogens is 390 g/mol. The minimum Gasteiger partial charge on any atom is -0.330 e. The molecule has 1 fully saturated rings. The zero-order chi connectivity index (χ0) is 21.5. The Kier molecular flexibility index (Phi) is 7.97. The Hall–Kier alpha value is -2.27. The van der Waals surface area contributed by atoms with Crippen molar-refractivity contribution in [3.05, 3.63) is 52.8 Å². The maximum atomic E-state index is 13.5. The van der Waals surface area contributed by atoms with Crippen LogP contribution in [0, 0.1) is 6.92 Å². The molecule has 1 amide bonds. The summed E-state index contributed by atoms with van der Waals surface area (Å²) in [5.74, 6) is 0.0552. The fraction of sp³-hybridized carbons (Fsp3) is 0.480. The molecule has 0 unspecified atom stereocenters. The summed E-state index contributed by atoms with van der Waals surface area (Å²) in [6, 6.07) is 8.88. The Morgan fingerprint density at radius 3 is 2.50 bits per heavy atom. The molecule has 0 radical (unpaired) electrons. The summed E-state index contributed by atoms with van der Waals surface area (Å²) < 4.78 is 0. The monoisotopic (exact) mass is 423 g/mol. The van der Waals surface area contributed by atoms with Gasteiger partial charge in [0.15, 0.2) is 0 Å². The Labute approximate surface area is 184 Å². The van der Waals surface area contributed by atoms with Crippen molar-refractivity contribution in [3.63, 3.8) is 0 Å². The maximum absolute atomic E-state index is 13.5. The van der Waals surface area contributed by atoms with Gasteiger partial charge < -0.3 is 4.90 Å². The van der Waals surface area contributed by atoms with Crippen LogP contribution in [-0.2, 0) is 11.3 Å². The minimum absolute atomic E-state index is 0.0552. The number of amides is 1. The highest BCUT2D eigenvalue weighted by molar-refractivity contribution is 7.13. The predicted octanol–water partition coefficient (Wildman–Crippen LogP) is 6.55. The van der Waals surface area contributed by atoms with E-state index in [0.717, 1.165) is 36.2 Å². The van der Waals surface area contributed by atoms with Gasteiger partial charge in [0.1, 0.15) is 5.70 Å². The number of allylic oxidation sites excluding steroid dienone is 1. The normalized spacial score (nSPS) is 16.0. The zero-order valence-electron chi connectivity index (χ0n) is 18.6. The maximum Gasteiger partial charge on any atom is 0.272 e. The molecule has 1 aliphatic rings. The lowest BCUT2D eigenvalue weighted by Crippen LogP contribution is -2.41. The molecule has 0 spiro atoms. The van der Waals surface area contributed by atoms with Crippen LogP contribution in [-0.4, -0.2) is 27.5 Å². The molecule has 0 N–H and O–H groups in total. The number of hydrogen-bond donors (Lipinski definition) is 0. The lowest BCUT2D eigenvalue weighted by molar-refractivity contribution is -0.130. The van der Waals surface area contributed by atoms with Crippen LogP contribution in [0.2, 0.25) is 0 Å². The van der Waals surface area contributed by atoms with Crippen molar-refractivity contribution in [2.45, 2.75) is 78.8 Å². The Morgan fingerprint density at radius 2 is 1.93 bits per heavy atom. The number of aliphatic imine (C=N–C) groups is 1. The number of rotatable bonds is 7. The molecule has 1 aliphatic carbocycles. The van der Waals surface area contributed by atoms with Crippen molar-refractivity contribution in [1.29, 1.82) is 0 Å². The molecular formula is C25H33N3OS. The first-order chi connectivity index (χ1) is 14.5. The Bertz CT molecular complexity index is 905. The van der Waals surface area contributed by atoms with E-state index in [0.29, 0.717) is 18.3 Å². The summed E-state index contributed by atoms with van der Waals surface area (Å²) in [6.45, 7) is 8.64. The fourth-order valence-electron chi connectivity index (χ4n) is 3.96. The van der Waals surface area contributed by atoms with Crippen LogP contribution in [0.1, 0.15) is 70.6 Å². The van der Waals surface area contributed by atoms with Gasteiger partial charge in [-0.2, -0.15) is 0 Å². The van der Waals surface area contributed by atoms with Crippen molar-refractivity contribution < 1.29 is 4.79 Å². The summed E-state index contributed by atoms with van der Waals surface area (Å²) >= 11 is 1.67. The number of benzene rings is 1. The third kappa shape index (κ3) is 5.45. The van der Waals surface area contributed by atoms with Crippen molar-refractivity contribution in [3.8, 4) is 10.4 Å². The van der Waals surface area contributed by atoms with Crippen LogP contribution in [0.4, 0.5) is 0 Å². The molecule has 30 heavy (non-hydrogen) atoms. The van der Waals surface area contributed by atoms with Gasteiger partial charge >= 0.3 is 0 Å². The summed E-state index contributed by atoms with van der Waals surface area (Å²) in [4.78, 5) is 25.7. The van der Waals surface area contributed by atoms with E-state index in [-0.39, 0.29) is 5.91 Å². The van der Waals surface area contributed by atoms with E-state index in [1.807, 2.05) is 32.4 Å². The molecule has 160 valence electrons. The average Bonchev–Trinajstić information content (AvgIpc) is 3.22. The number of thiazole rings is 1. The smallest absolute Gasteiger partial charge is 0.272 e. The van der Waals surface area contributed by atoms with Gasteiger partial charge in [-0.05, 0) is 51.2 Å². The summed E-state index contributed by atoms with van der Waals surface area (Å²) in [5.41, 5.74) is 6.85. The molecule has 1 saturated carbocycles. The molecule has 1 heterocycles. The Balaban J connectivity index is 1.84. The van der Waals surface area contributed by atoms with Crippen LogP contribution in [0.25, 0.3) is 10.4 Å². The van der Waals surface area contributed by atoms with E-state index in [9.17, 15) is 4.79 Å². The second-order valence-corrected chi connectivity index (χ2v) is 8.92. The van der Waals surface area contributed by atoms with Gasteiger partial charge in [0, 0.05) is 18.3 Å². The number of aromatic nitrogens is 1. The number of nitrogens with zero attached hydrogens (tertiary/aromatic N) is 3. The van der Waals surface area contributed by atoms with E-state index < -0.39 is 0 Å². The molecule has 0 atom stereocenters. The van der Waals surface area contributed by atoms with Crippen LogP contribution in [0.5, 0.6) is 0 Å². The molecule has 5 heteroatoms. The summed E-state index contributed by atoms with van der Waals surface area (Å²) in [6.07, 6.45) is 8.53. The highest BCUT2D eigenvalue weighted by Crippen LogP contribution is 2.29. The van der Waals surface area contributed by atoms with Crippen LogP contribution in [0.15, 0.2) is 46.5 Å². The van der Waals surface area contributed by atoms with E-state index in [1.54, 1.807) is 11.3 Å². The highest BCUT2D eigenvalue weighted by atomic mass is 32.1. The standard InChI is InChI=1S/C25H33N3OS/c1-5-18(3)27-23(6-2)25(29)28(22-10-8-7-9-11-22)16-20-12-14-21(15-13-20)24-19(4)26-17-30-24/h6,12-15,17,22H,5,7-11,16H2,1-4H3/b23-6-,27-18?. The van der Waals surface area contributed by atoms with Crippen LogP contribution >= 0.6 is 11.3 Å². The molecule has 3 rings (SSSR count). The minimum atomic E-state index is 0.0552.